The van der Waals surface area contributed by atoms with E-state index in [9.17, 15) is 13.2 Å². The maximum absolute atomic E-state index is 12.3. The standard InChI is InChI=1S/C15H17N3O4S/c19-15-10-9-14(16-17-15)18-23(20,21)13-7-5-12(6-8-13)22-11-3-1-2-4-11/h5-11H,1-4H2,(H,16,18)(H,17,19). The van der Waals surface area contributed by atoms with Crippen LogP contribution in [0.2, 0.25) is 0 Å². The first-order valence-electron chi connectivity index (χ1n) is 7.38. The van der Waals surface area contributed by atoms with E-state index in [2.05, 4.69) is 14.9 Å². The molecule has 0 radical (unpaired) electrons. The Morgan fingerprint density at radius 1 is 1.09 bits per heavy atom. The Labute approximate surface area is 133 Å². The Bertz CT molecular complexity index is 804. The van der Waals surface area contributed by atoms with Crippen LogP contribution in [0.5, 0.6) is 5.75 Å². The van der Waals surface area contributed by atoms with Crippen molar-refractivity contribution in [3.8, 4) is 5.75 Å². The van der Waals surface area contributed by atoms with Crippen molar-refractivity contribution in [2.24, 2.45) is 0 Å². The maximum Gasteiger partial charge on any atom is 0.264 e. The maximum atomic E-state index is 12.3. The van der Waals surface area contributed by atoms with Gasteiger partial charge in [0.2, 0.25) is 0 Å². The predicted octanol–water partition coefficient (Wildman–Crippen LogP) is 1.89. The van der Waals surface area contributed by atoms with Crippen LogP contribution >= 0.6 is 0 Å². The lowest BCUT2D eigenvalue weighted by atomic mass is 10.3. The van der Waals surface area contributed by atoms with Gasteiger partial charge < -0.3 is 4.74 Å². The minimum Gasteiger partial charge on any atom is -0.490 e. The average molecular weight is 335 g/mol. The molecule has 8 heteroatoms. The van der Waals surface area contributed by atoms with Crippen LogP contribution in [0.3, 0.4) is 0 Å². The van der Waals surface area contributed by atoms with E-state index in [1.807, 2.05) is 0 Å². The molecule has 122 valence electrons. The summed E-state index contributed by atoms with van der Waals surface area (Å²) < 4.78 is 32.6. The number of aromatic amines is 1. The van der Waals surface area contributed by atoms with Gasteiger partial charge in [-0.05, 0) is 56.0 Å². The van der Waals surface area contributed by atoms with Crippen LogP contribution in [0.25, 0.3) is 0 Å². The zero-order valence-corrected chi connectivity index (χ0v) is 13.2. The number of hydrogen-bond acceptors (Lipinski definition) is 5. The fourth-order valence-electron chi connectivity index (χ4n) is 2.49. The minimum absolute atomic E-state index is 0.0517. The average Bonchev–Trinajstić information content (AvgIpc) is 3.03. The molecule has 7 nitrogen and oxygen atoms in total. The number of H-pyrrole nitrogens is 1. The number of aromatic nitrogens is 2. The van der Waals surface area contributed by atoms with Gasteiger partial charge in [0.25, 0.3) is 15.6 Å². The molecule has 2 N–H and O–H groups in total. The first kappa shape index (κ1) is 15.5. The Hall–Kier alpha value is -2.35. The van der Waals surface area contributed by atoms with Gasteiger partial charge in [0, 0.05) is 6.07 Å². The van der Waals surface area contributed by atoms with Crippen molar-refractivity contribution in [3.63, 3.8) is 0 Å². The Morgan fingerprint density at radius 2 is 1.78 bits per heavy atom. The summed E-state index contributed by atoms with van der Waals surface area (Å²) in [7, 11) is -3.76. The predicted molar refractivity (Wildman–Crippen MR) is 85.0 cm³/mol. The molecule has 1 fully saturated rings. The number of nitrogens with one attached hydrogen (secondary N) is 2. The molecule has 0 bridgehead atoms. The van der Waals surface area contributed by atoms with Crippen LogP contribution < -0.4 is 15.0 Å². The summed E-state index contributed by atoms with van der Waals surface area (Å²) in [5, 5.41) is 5.79. The van der Waals surface area contributed by atoms with Crippen molar-refractivity contribution in [3.05, 3.63) is 46.8 Å². The van der Waals surface area contributed by atoms with Crippen molar-refractivity contribution in [1.29, 1.82) is 0 Å². The van der Waals surface area contributed by atoms with Gasteiger partial charge in [-0.25, -0.2) is 13.5 Å². The van der Waals surface area contributed by atoms with Crippen LogP contribution in [0.4, 0.5) is 5.82 Å². The third kappa shape index (κ3) is 3.89. The third-order valence-electron chi connectivity index (χ3n) is 3.66. The molecule has 1 aromatic carbocycles. The Kier molecular flexibility index (Phi) is 4.33. The van der Waals surface area contributed by atoms with E-state index >= 15 is 0 Å². The molecular formula is C15H17N3O4S. The van der Waals surface area contributed by atoms with E-state index in [-0.39, 0.29) is 16.8 Å². The summed E-state index contributed by atoms with van der Waals surface area (Å²) in [5.41, 5.74) is -0.402. The highest BCUT2D eigenvalue weighted by Crippen LogP contribution is 2.25. The summed E-state index contributed by atoms with van der Waals surface area (Å²) in [6.45, 7) is 0. The second kappa shape index (κ2) is 6.41. The van der Waals surface area contributed by atoms with Gasteiger partial charge in [0.05, 0.1) is 11.0 Å². The molecule has 0 saturated heterocycles. The van der Waals surface area contributed by atoms with Crippen molar-refractivity contribution in [1.82, 2.24) is 10.2 Å². The lowest BCUT2D eigenvalue weighted by Gasteiger charge is -2.13. The molecular weight excluding hydrogens is 318 g/mol. The lowest BCUT2D eigenvalue weighted by Crippen LogP contribution is -2.16. The second-order valence-corrected chi connectivity index (χ2v) is 7.09. The number of sulfonamides is 1. The van der Waals surface area contributed by atoms with E-state index in [4.69, 9.17) is 4.74 Å². The van der Waals surface area contributed by atoms with E-state index < -0.39 is 15.6 Å². The molecule has 1 aliphatic rings. The number of ether oxygens (including phenoxy) is 1. The molecule has 3 rings (SSSR count). The highest BCUT2D eigenvalue weighted by atomic mass is 32.2. The van der Waals surface area contributed by atoms with Crippen molar-refractivity contribution >= 4 is 15.8 Å². The summed E-state index contributed by atoms with van der Waals surface area (Å²) >= 11 is 0. The molecule has 1 heterocycles. The number of rotatable bonds is 5. The van der Waals surface area contributed by atoms with Gasteiger partial charge in [-0.2, -0.15) is 5.10 Å². The SMILES string of the molecule is O=c1ccc(NS(=O)(=O)c2ccc(OC3CCCC3)cc2)n[nH]1. The van der Waals surface area contributed by atoms with Gasteiger partial charge in [0.1, 0.15) is 5.75 Å². The molecule has 1 aromatic heterocycles. The number of nitrogens with zero attached hydrogens (tertiary/aromatic N) is 1. The van der Waals surface area contributed by atoms with Gasteiger partial charge >= 0.3 is 0 Å². The van der Waals surface area contributed by atoms with Gasteiger partial charge in [-0.1, -0.05) is 0 Å². The van der Waals surface area contributed by atoms with Crippen LogP contribution in [0.1, 0.15) is 25.7 Å². The summed E-state index contributed by atoms with van der Waals surface area (Å²) in [6, 6.07) is 8.76. The normalized spacial score (nSPS) is 15.5. The molecule has 2 aromatic rings. The number of anilines is 1. The number of benzene rings is 1. The molecule has 1 aliphatic carbocycles. The molecule has 0 unspecified atom stereocenters. The quantitative estimate of drug-likeness (QED) is 0.869. The third-order valence-corrected chi connectivity index (χ3v) is 5.03. The fraction of sp³-hybridized carbons (Fsp3) is 0.333. The Morgan fingerprint density at radius 3 is 2.39 bits per heavy atom. The largest absolute Gasteiger partial charge is 0.490 e. The molecule has 23 heavy (non-hydrogen) atoms. The van der Waals surface area contributed by atoms with Crippen molar-refractivity contribution in [2.75, 3.05) is 4.72 Å². The first-order valence-corrected chi connectivity index (χ1v) is 8.86. The smallest absolute Gasteiger partial charge is 0.264 e. The van der Waals surface area contributed by atoms with Crippen molar-refractivity contribution in [2.45, 2.75) is 36.7 Å². The van der Waals surface area contributed by atoms with Crippen LogP contribution in [0, 0.1) is 0 Å². The highest BCUT2D eigenvalue weighted by molar-refractivity contribution is 7.92. The van der Waals surface area contributed by atoms with E-state index in [0.717, 1.165) is 12.8 Å². The van der Waals surface area contributed by atoms with Gasteiger partial charge in [-0.15, -0.1) is 0 Å². The second-order valence-electron chi connectivity index (χ2n) is 5.41. The van der Waals surface area contributed by atoms with E-state index in [1.54, 1.807) is 12.1 Å². The topological polar surface area (TPSA) is 101 Å². The van der Waals surface area contributed by atoms with Gasteiger partial charge in [-0.3, -0.25) is 9.52 Å². The summed E-state index contributed by atoms with van der Waals surface area (Å²) in [5.74, 6) is 0.717. The summed E-state index contributed by atoms with van der Waals surface area (Å²) in [4.78, 5) is 11.0. The van der Waals surface area contributed by atoms with Crippen LogP contribution in [0.15, 0.2) is 46.1 Å². The molecule has 0 atom stereocenters. The fourth-order valence-corrected chi connectivity index (χ4v) is 3.50. The lowest BCUT2D eigenvalue weighted by molar-refractivity contribution is 0.210. The highest BCUT2D eigenvalue weighted by Gasteiger charge is 2.18. The Balaban J connectivity index is 1.71. The zero-order valence-electron chi connectivity index (χ0n) is 12.4. The number of hydrogen-bond donors (Lipinski definition) is 2. The van der Waals surface area contributed by atoms with Crippen LogP contribution in [-0.4, -0.2) is 24.7 Å². The van der Waals surface area contributed by atoms with Crippen molar-refractivity contribution < 1.29 is 13.2 Å². The van der Waals surface area contributed by atoms with Crippen LogP contribution in [-0.2, 0) is 10.0 Å². The van der Waals surface area contributed by atoms with E-state index in [1.165, 1.54) is 37.1 Å². The monoisotopic (exact) mass is 335 g/mol. The van der Waals surface area contributed by atoms with Gasteiger partial charge in [0.15, 0.2) is 5.82 Å². The summed E-state index contributed by atoms with van der Waals surface area (Å²) in [6.07, 6.45) is 4.65. The molecule has 0 aliphatic heterocycles. The molecule has 0 amide bonds. The minimum atomic E-state index is -3.76. The molecule has 0 spiro atoms. The first-order chi connectivity index (χ1) is 11.0. The zero-order chi connectivity index (χ0) is 16.3. The van der Waals surface area contributed by atoms with E-state index in [0.29, 0.717) is 5.75 Å². The molecule has 1 saturated carbocycles.